The molecule has 1 aromatic rings. The molecule has 1 rings (SSSR count). The minimum atomic E-state index is -0.906. The van der Waals surface area contributed by atoms with Gasteiger partial charge in [0.15, 0.2) is 0 Å². The average Bonchev–Trinajstić information content (AvgIpc) is 2.51. The Bertz CT molecular complexity index is 368. The van der Waals surface area contributed by atoms with E-state index in [9.17, 15) is 4.79 Å². The van der Waals surface area contributed by atoms with E-state index in [0.29, 0.717) is 0 Å². The number of likely N-dealkylation sites (N-methyl/N-ethyl adjacent to an activating group) is 1. The van der Waals surface area contributed by atoms with Crippen molar-refractivity contribution in [2.45, 2.75) is 13.0 Å². The van der Waals surface area contributed by atoms with Gasteiger partial charge >= 0.3 is 5.97 Å². The number of aliphatic carboxylic acids is 1. The van der Waals surface area contributed by atoms with Crippen molar-refractivity contribution in [3.63, 3.8) is 0 Å². The Morgan fingerprint density at radius 2 is 2.27 bits per heavy atom. The van der Waals surface area contributed by atoms with Crippen LogP contribution in [0.1, 0.15) is 16.5 Å². The van der Waals surface area contributed by atoms with Crippen molar-refractivity contribution in [2.75, 3.05) is 14.1 Å². The normalized spacial score (nSPS) is 13.6. The first kappa shape index (κ1) is 11.9. The summed E-state index contributed by atoms with van der Waals surface area (Å²) in [5.74, 6) is -0.906. The highest BCUT2D eigenvalue weighted by molar-refractivity contribution is 7.10. The van der Waals surface area contributed by atoms with E-state index in [4.69, 9.17) is 5.11 Å². The molecule has 0 radical (unpaired) electrons. The van der Waals surface area contributed by atoms with Crippen LogP contribution in [0.3, 0.4) is 0 Å². The molecule has 0 aliphatic carbocycles. The molecule has 0 aromatic carbocycles. The van der Waals surface area contributed by atoms with Gasteiger partial charge in [-0.2, -0.15) is 0 Å². The van der Waals surface area contributed by atoms with E-state index in [1.54, 1.807) is 17.4 Å². The van der Waals surface area contributed by atoms with Gasteiger partial charge in [0.25, 0.3) is 0 Å². The number of carboxylic acid groups (broad SMARTS) is 1. The van der Waals surface area contributed by atoms with Gasteiger partial charge in [-0.1, -0.05) is 6.08 Å². The Morgan fingerprint density at radius 1 is 1.60 bits per heavy atom. The van der Waals surface area contributed by atoms with Crippen molar-refractivity contribution < 1.29 is 9.90 Å². The maximum Gasteiger partial charge on any atom is 0.328 e. The second-order valence-electron chi connectivity index (χ2n) is 3.57. The third kappa shape index (κ3) is 3.18. The summed E-state index contributed by atoms with van der Waals surface area (Å²) in [6.45, 7) is 2.04. The summed E-state index contributed by atoms with van der Waals surface area (Å²) in [6.07, 6.45) is 2.91. The van der Waals surface area contributed by atoms with Crippen molar-refractivity contribution in [1.29, 1.82) is 0 Å². The largest absolute Gasteiger partial charge is 0.478 e. The second-order valence-corrected chi connectivity index (χ2v) is 4.52. The molecule has 4 heteroatoms. The summed E-state index contributed by atoms with van der Waals surface area (Å²) in [5, 5.41) is 10.6. The monoisotopic (exact) mass is 225 g/mol. The second kappa shape index (κ2) is 5.09. The molecule has 0 aliphatic heterocycles. The van der Waals surface area contributed by atoms with Crippen LogP contribution in [-0.2, 0) is 4.79 Å². The Morgan fingerprint density at radius 3 is 2.67 bits per heavy atom. The Hall–Kier alpha value is -1.13. The summed E-state index contributed by atoms with van der Waals surface area (Å²) in [6, 6.07) is 2.09. The number of aryl methyl sites for hydroxylation is 1. The molecule has 15 heavy (non-hydrogen) atoms. The summed E-state index contributed by atoms with van der Waals surface area (Å²) in [4.78, 5) is 13.7. The lowest BCUT2D eigenvalue weighted by Crippen LogP contribution is -2.18. The van der Waals surface area contributed by atoms with Crippen LogP contribution < -0.4 is 0 Å². The van der Waals surface area contributed by atoms with Crippen LogP contribution in [0.4, 0.5) is 0 Å². The zero-order chi connectivity index (χ0) is 11.4. The predicted octanol–water partition coefficient (Wildman–Crippen LogP) is 2.30. The fourth-order valence-electron chi connectivity index (χ4n) is 1.35. The smallest absolute Gasteiger partial charge is 0.328 e. The van der Waals surface area contributed by atoms with E-state index in [2.05, 4.69) is 0 Å². The van der Waals surface area contributed by atoms with Crippen LogP contribution >= 0.6 is 11.3 Å². The lowest BCUT2D eigenvalue weighted by Gasteiger charge is -2.20. The number of rotatable bonds is 4. The Balaban J connectivity index is 2.94. The lowest BCUT2D eigenvalue weighted by atomic mass is 10.1. The molecule has 1 heterocycles. The molecule has 82 valence electrons. The molecule has 0 aliphatic rings. The topological polar surface area (TPSA) is 40.5 Å². The Labute approximate surface area is 93.7 Å². The fraction of sp³-hybridized carbons (Fsp3) is 0.364. The molecule has 0 spiro atoms. The van der Waals surface area contributed by atoms with E-state index in [1.165, 1.54) is 16.5 Å². The van der Waals surface area contributed by atoms with Gasteiger partial charge in [-0.15, -0.1) is 11.3 Å². The highest BCUT2D eigenvalue weighted by Crippen LogP contribution is 2.28. The molecular formula is C11H15NO2S. The fourth-order valence-corrected chi connectivity index (χ4v) is 2.46. The first-order valence-electron chi connectivity index (χ1n) is 4.64. The van der Waals surface area contributed by atoms with E-state index in [0.717, 1.165) is 0 Å². The van der Waals surface area contributed by atoms with Crippen LogP contribution in [0, 0.1) is 6.92 Å². The molecular weight excluding hydrogens is 210 g/mol. The number of carbonyl (C=O) groups is 1. The summed E-state index contributed by atoms with van der Waals surface area (Å²) >= 11 is 1.65. The van der Waals surface area contributed by atoms with Gasteiger partial charge in [-0.25, -0.2) is 4.79 Å². The SMILES string of the molecule is Cc1ccsc1C(/C=C/C(=O)O)N(C)C. The number of nitrogens with zero attached hydrogens (tertiary/aromatic N) is 1. The standard InChI is InChI=1S/C11H15NO2S/c1-8-6-7-15-11(8)9(12(2)3)4-5-10(13)14/h4-7,9H,1-3H3,(H,13,14)/b5-4+. The Kier molecular flexibility index (Phi) is 4.05. The van der Waals surface area contributed by atoms with E-state index in [-0.39, 0.29) is 6.04 Å². The quantitative estimate of drug-likeness (QED) is 0.799. The molecule has 0 saturated heterocycles. The molecule has 0 amide bonds. The highest BCUT2D eigenvalue weighted by Gasteiger charge is 2.14. The number of carboxylic acids is 1. The van der Waals surface area contributed by atoms with Gasteiger partial charge in [-0.3, -0.25) is 4.90 Å². The molecule has 1 atom stereocenters. The van der Waals surface area contributed by atoms with Crippen LogP contribution in [0.5, 0.6) is 0 Å². The lowest BCUT2D eigenvalue weighted by molar-refractivity contribution is -0.131. The van der Waals surface area contributed by atoms with Crippen molar-refractivity contribution in [1.82, 2.24) is 4.90 Å². The minimum absolute atomic E-state index is 0.0427. The summed E-state index contributed by atoms with van der Waals surface area (Å²) in [5.41, 5.74) is 1.20. The predicted molar refractivity (Wildman–Crippen MR) is 62.3 cm³/mol. The van der Waals surface area contributed by atoms with Crippen molar-refractivity contribution >= 4 is 17.3 Å². The molecule has 0 fully saturated rings. The first-order chi connectivity index (χ1) is 7.02. The van der Waals surface area contributed by atoms with Crippen LogP contribution in [-0.4, -0.2) is 30.1 Å². The first-order valence-corrected chi connectivity index (χ1v) is 5.52. The van der Waals surface area contributed by atoms with Gasteiger partial charge in [-0.05, 0) is 38.0 Å². The minimum Gasteiger partial charge on any atom is -0.478 e. The van der Waals surface area contributed by atoms with E-state index < -0.39 is 5.97 Å². The summed E-state index contributed by atoms with van der Waals surface area (Å²) < 4.78 is 0. The molecule has 1 N–H and O–H groups in total. The zero-order valence-corrected chi connectivity index (χ0v) is 9.91. The molecule has 0 bridgehead atoms. The van der Waals surface area contributed by atoms with Gasteiger partial charge in [0, 0.05) is 11.0 Å². The zero-order valence-electron chi connectivity index (χ0n) is 9.10. The maximum atomic E-state index is 10.5. The number of hydrogen-bond acceptors (Lipinski definition) is 3. The van der Waals surface area contributed by atoms with Crippen molar-refractivity contribution in [2.24, 2.45) is 0 Å². The average molecular weight is 225 g/mol. The van der Waals surface area contributed by atoms with Crippen molar-refractivity contribution in [3.8, 4) is 0 Å². The number of hydrogen-bond donors (Lipinski definition) is 1. The van der Waals surface area contributed by atoms with Crippen LogP contribution in [0.25, 0.3) is 0 Å². The number of thiophene rings is 1. The highest BCUT2D eigenvalue weighted by atomic mass is 32.1. The van der Waals surface area contributed by atoms with Crippen molar-refractivity contribution in [3.05, 3.63) is 34.0 Å². The summed E-state index contributed by atoms with van der Waals surface area (Å²) in [7, 11) is 3.88. The van der Waals surface area contributed by atoms with Gasteiger partial charge in [0.1, 0.15) is 0 Å². The molecule has 1 unspecified atom stereocenters. The third-order valence-corrected chi connectivity index (χ3v) is 3.24. The third-order valence-electron chi connectivity index (χ3n) is 2.15. The van der Waals surface area contributed by atoms with E-state index in [1.807, 2.05) is 37.4 Å². The maximum absolute atomic E-state index is 10.5. The van der Waals surface area contributed by atoms with Gasteiger partial charge in [0.2, 0.25) is 0 Å². The van der Waals surface area contributed by atoms with Crippen LogP contribution in [0.2, 0.25) is 0 Å². The molecule has 3 nitrogen and oxygen atoms in total. The van der Waals surface area contributed by atoms with Crippen LogP contribution in [0.15, 0.2) is 23.6 Å². The van der Waals surface area contributed by atoms with E-state index >= 15 is 0 Å². The van der Waals surface area contributed by atoms with Gasteiger partial charge < -0.3 is 5.11 Å². The molecule has 0 saturated carbocycles. The molecule has 1 aromatic heterocycles. The van der Waals surface area contributed by atoms with Gasteiger partial charge in [0.05, 0.1) is 6.04 Å².